The zero-order valence-corrected chi connectivity index (χ0v) is 16.1. The fourth-order valence-corrected chi connectivity index (χ4v) is 4.68. The number of hydrogen-bond donors (Lipinski definition) is 0. The maximum Gasteiger partial charge on any atom is 0.211 e. The van der Waals surface area contributed by atoms with E-state index in [0.29, 0.717) is 0 Å². The maximum absolute atomic E-state index is 6.77. The first-order valence-corrected chi connectivity index (χ1v) is 9.30. The summed E-state index contributed by atoms with van der Waals surface area (Å²) >= 11 is 0. The van der Waals surface area contributed by atoms with Crippen molar-refractivity contribution in [2.45, 2.75) is 25.0 Å². The number of rotatable bonds is 1. The third kappa shape index (κ3) is 1.97. The zero-order chi connectivity index (χ0) is 18.8. The number of hydrogen-bond acceptors (Lipinski definition) is 3. The quantitative estimate of drug-likeness (QED) is 0.584. The van der Waals surface area contributed by atoms with Gasteiger partial charge in [-0.1, -0.05) is 30.3 Å². The van der Waals surface area contributed by atoms with Crippen LogP contribution < -0.4 is 14.4 Å². The van der Waals surface area contributed by atoms with Crippen molar-refractivity contribution in [3.05, 3.63) is 71.8 Å². The molecular formula is C24H23NO2. The molecule has 3 aromatic rings. The van der Waals surface area contributed by atoms with Crippen LogP contribution in [0.15, 0.2) is 60.7 Å². The molecule has 5 rings (SSSR count). The lowest BCUT2D eigenvalue weighted by Gasteiger charge is -2.46. The van der Waals surface area contributed by atoms with Crippen molar-refractivity contribution in [2.75, 3.05) is 19.1 Å². The van der Waals surface area contributed by atoms with Crippen molar-refractivity contribution in [2.24, 2.45) is 0 Å². The van der Waals surface area contributed by atoms with E-state index >= 15 is 0 Å². The minimum atomic E-state index is -0.572. The molecule has 1 spiro atoms. The summed E-state index contributed by atoms with van der Waals surface area (Å²) in [7, 11) is 3.82. The van der Waals surface area contributed by atoms with E-state index in [2.05, 4.69) is 86.5 Å². The number of benzene rings is 3. The maximum atomic E-state index is 6.77. The highest BCUT2D eigenvalue weighted by Gasteiger charge is 2.57. The Bertz CT molecular complexity index is 1100. The molecule has 2 aliphatic heterocycles. The molecule has 2 aliphatic rings. The van der Waals surface area contributed by atoms with Gasteiger partial charge in [0.1, 0.15) is 11.5 Å². The average Bonchev–Trinajstić information content (AvgIpc) is 2.86. The van der Waals surface area contributed by atoms with Crippen LogP contribution in [0.4, 0.5) is 5.69 Å². The second kappa shape index (κ2) is 5.29. The molecular weight excluding hydrogens is 334 g/mol. The summed E-state index contributed by atoms with van der Waals surface area (Å²) in [5.41, 5.74) is 2.74. The molecule has 0 saturated carbocycles. The van der Waals surface area contributed by atoms with Crippen molar-refractivity contribution in [3.8, 4) is 11.5 Å². The monoisotopic (exact) mass is 357 g/mol. The molecule has 0 fully saturated rings. The Labute approximate surface area is 159 Å². The van der Waals surface area contributed by atoms with Crippen LogP contribution in [-0.4, -0.2) is 19.9 Å². The third-order valence-corrected chi connectivity index (χ3v) is 6.30. The molecule has 136 valence electrons. The molecule has 0 unspecified atom stereocenters. The van der Waals surface area contributed by atoms with Crippen molar-refractivity contribution in [3.63, 3.8) is 0 Å². The Balaban J connectivity index is 1.69. The Kier molecular flexibility index (Phi) is 3.18. The molecule has 3 heteroatoms. The van der Waals surface area contributed by atoms with Crippen molar-refractivity contribution in [1.29, 1.82) is 0 Å². The highest BCUT2D eigenvalue weighted by atomic mass is 16.5. The van der Waals surface area contributed by atoms with Gasteiger partial charge in [0, 0.05) is 18.3 Å². The van der Waals surface area contributed by atoms with Gasteiger partial charge in [-0.2, -0.15) is 0 Å². The van der Waals surface area contributed by atoms with E-state index in [0.717, 1.165) is 17.1 Å². The van der Waals surface area contributed by atoms with Crippen LogP contribution in [0.1, 0.15) is 25.0 Å². The van der Waals surface area contributed by atoms with Crippen LogP contribution in [0.25, 0.3) is 16.8 Å². The summed E-state index contributed by atoms with van der Waals surface area (Å²) in [6, 6.07) is 18.9. The lowest BCUT2D eigenvalue weighted by molar-refractivity contribution is 0.0583. The fraction of sp³-hybridized carbons (Fsp3) is 0.250. The Morgan fingerprint density at radius 1 is 1.00 bits per heavy atom. The number of ether oxygens (including phenoxy) is 2. The Morgan fingerprint density at radius 3 is 2.63 bits per heavy atom. The number of methoxy groups -OCH3 is 1. The van der Waals surface area contributed by atoms with Crippen molar-refractivity contribution >= 4 is 22.5 Å². The number of anilines is 1. The van der Waals surface area contributed by atoms with Gasteiger partial charge in [0.15, 0.2) is 0 Å². The van der Waals surface area contributed by atoms with E-state index in [4.69, 9.17) is 9.47 Å². The molecule has 0 N–H and O–H groups in total. The Hall–Kier alpha value is -2.94. The van der Waals surface area contributed by atoms with Gasteiger partial charge < -0.3 is 14.4 Å². The van der Waals surface area contributed by atoms with Crippen LogP contribution in [0.5, 0.6) is 11.5 Å². The van der Waals surface area contributed by atoms with Gasteiger partial charge in [-0.05, 0) is 66.6 Å². The van der Waals surface area contributed by atoms with Gasteiger partial charge in [0.2, 0.25) is 5.72 Å². The predicted octanol–water partition coefficient (Wildman–Crippen LogP) is 5.38. The summed E-state index contributed by atoms with van der Waals surface area (Å²) in [5, 5.41) is 2.45. The summed E-state index contributed by atoms with van der Waals surface area (Å²) in [4.78, 5) is 2.25. The summed E-state index contributed by atoms with van der Waals surface area (Å²) in [6.07, 6.45) is 4.44. The largest absolute Gasteiger partial charge is 0.497 e. The second-order valence-corrected chi connectivity index (χ2v) is 7.90. The second-order valence-electron chi connectivity index (χ2n) is 7.90. The first kappa shape index (κ1) is 16.2. The highest BCUT2D eigenvalue weighted by molar-refractivity contribution is 5.94. The number of nitrogens with zero attached hydrogens (tertiary/aromatic N) is 1. The predicted molar refractivity (Wildman–Crippen MR) is 111 cm³/mol. The van der Waals surface area contributed by atoms with Crippen molar-refractivity contribution in [1.82, 2.24) is 0 Å². The normalized spacial score (nSPS) is 21.9. The summed E-state index contributed by atoms with van der Waals surface area (Å²) in [5.74, 6) is 1.80. The first-order valence-electron chi connectivity index (χ1n) is 9.30. The molecule has 2 heterocycles. The van der Waals surface area contributed by atoms with E-state index in [9.17, 15) is 0 Å². The SMILES string of the molecule is COc1ccc2c(c1)C(C)(C)[C@]1(C=Cc3c(ccc4ccccc34)O1)N2C. The smallest absolute Gasteiger partial charge is 0.211 e. The van der Waals surface area contributed by atoms with Gasteiger partial charge in [-0.15, -0.1) is 0 Å². The van der Waals surface area contributed by atoms with Gasteiger partial charge in [-0.25, -0.2) is 0 Å². The summed E-state index contributed by atoms with van der Waals surface area (Å²) < 4.78 is 12.2. The topological polar surface area (TPSA) is 21.7 Å². The lowest BCUT2D eigenvalue weighted by Crippen LogP contribution is -2.58. The van der Waals surface area contributed by atoms with Crippen LogP contribution >= 0.6 is 0 Å². The molecule has 0 aromatic heterocycles. The lowest BCUT2D eigenvalue weighted by atomic mass is 9.76. The van der Waals surface area contributed by atoms with Crippen LogP contribution in [0.2, 0.25) is 0 Å². The number of likely N-dealkylation sites (N-methyl/N-ethyl adjacent to an activating group) is 1. The molecule has 1 atom stereocenters. The molecule has 0 bridgehead atoms. The highest BCUT2D eigenvalue weighted by Crippen LogP contribution is 2.55. The first-order chi connectivity index (χ1) is 13.0. The van der Waals surface area contributed by atoms with Gasteiger partial charge in [0.05, 0.1) is 12.5 Å². The summed E-state index contributed by atoms with van der Waals surface area (Å²) in [6.45, 7) is 4.48. The van der Waals surface area contributed by atoms with Gasteiger partial charge in [0.25, 0.3) is 0 Å². The molecule has 0 amide bonds. The van der Waals surface area contributed by atoms with Gasteiger partial charge in [-0.3, -0.25) is 0 Å². The third-order valence-electron chi connectivity index (χ3n) is 6.30. The van der Waals surface area contributed by atoms with Crippen molar-refractivity contribution < 1.29 is 9.47 Å². The molecule has 0 radical (unpaired) electrons. The number of fused-ring (bicyclic) bond motifs is 4. The van der Waals surface area contributed by atoms with Crippen LogP contribution in [-0.2, 0) is 5.41 Å². The van der Waals surface area contributed by atoms with E-state index in [1.165, 1.54) is 22.0 Å². The minimum Gasteiger partial charge on any atom is -0.497 e. The van der Waals surface area contributed by atoms with Crippen LogP contribution in [0.3, 0.4) is 0 Å². The fourth-order valence-electron chi connectivity index (χ4n) is 4.68. The Morgan fingerprint density at radius 2 is 1.81 bits per heavy atom. The molecule has 3 nitrogen and oxygen atoms in total. The zero-order valence-electron chi connectivity index (χ0n) is 16.1. The molecule has 3 aromatic carbocycles. The van der Waals surface area contributed by atoms with Crippen LogP contribution in [0, 0.1) is 0 Å². The standard InChI is InChI=1S/C24H23NO2/c1-23(2)20-15-17(26-4)10-11-21(20)25(3)24(23)14-13-19-18-8-6-5-7-16(18)9-12-22(19)27-24/h5-15H,1-4H3/t24-/m1/s1. The van der Waals surface area contributed by atoms with Gasteiger partial charge >= 0.3 is 0 Å². The molecule has 27 heavy (non-hydrogen) atoms. The molecule has 0 saturated heterocycles. The van der Waals surface area contributed by atoms with E-state index in [1.807, 2.05) is 6.07 Å². The van der Waals surface area contributed by atoms with E-state index in [-0.39, 0.29) is 5.41 Å². The molecule has 0 aliphatic carbocycles. The van der Waals surface area contributed by atoms with E-state index in [1.54, 1.807) is 7.11 Å². The average molecular weight is 357 g/mol. The van der Waals surface area contributed by atoms with E-state index < -0.39 is 5.72 Å². The minimum absolute atomic E-state index is 0.245.